The van der Waals surface area contributed by atoms with E-state index in [1.165, 1.54) is 6.33 Å². The first-order valence-electron chi connectivity index (χ1n) is 7.22. The Morgan fingerprint density at radius 3 is 2.61 bits per heavy atom. The minimum Gasteiger partial charge on any atom is -0.351 e. The number of benzene rings is 1. The number of amides is 1. The van der Waals surface area contributed by atoms with Crippen molar-refractivity contribution in [3.8, 4) is 0 Å². The lowest BCUT2D eigenvalue weighted by Crippen LogP contribution is -2.39. The molecule has 0 aliphatic carbocycles. The highest BCUT2D eigenvalue weighted by molar-refractivity contribution is 5.85. The van der Waals surface area contributed by atoms with Gasteiger partial charge in [-0.05, 0) is 30.5 Å². The second-order valence-corrected chi connectivity index (χ2v) is 5.28. The Kier molecular flexibility index (Phi) is 8.02. The monoisotopic (exact) mass is 357 g/mol. The number of hydrogen-bond acceptors (Lipinski definition) is 4. The molecule has 1 atom stereocenters. The Balaban J connectivity index is 0.00000132. The molecule has 1 aromatic carbocycles. The molecular weight excluding hydrogens is 337 g/mol. The van der Waals surface area contributed by atoms with Gasteiger partial charge in [0.2, 0.25) is 5.91 Å². The van der Waals surface area contributed by atoms with Crippen LogP contribution in [0.15, 0.2) is 36.9 Å². The molecule has 2 aromatic rings. The highest BCUT2D eigenvalue weighted by Gasteiger charge is 2.21. The third-order valence-corrected chi connectivity index (χ3v) is 3.68. The lowest BCUT2D eigenvalue weighted by Gasteiger charge is -2.11. The van der Waals surface area contributed by atoms with Gasteiger partial charge < -0.3 is 10.6 Å². The van der Waals surface area contributed by atoms with Crippen molar-refractivity contribution in [2.24, 2.45) is 0 Å². The highest BCUT2D eigenvalue weighted by atomic mass is 35.5. The van der Waals surface area contributed by atoms with Gasteiger partial charge in [0.05, 0.1) is 12.6 Å². The van der Waals surface area contributed by atoms with E-state index in [2.05, 4.69) is 32.8 Å². The lowest BCUT2D eigenvalue weighted by atomic mass is 10.1. The average Bonchev–Trinajstić information content (AvgIpc) is 3.19. The maximum atomic E-state index is 11.9. The molecule has 2 heterocycles. The van der Waals surface area contributed by atoms with Crippen LogP contribution >= 0.6 is 24.8 Å². The van der Waals surface area contributed by atoms with E-state index in [0.29, 0.717) is 13.1 Å². The van der Waals surface area contributed by atoms with Crippen LogP contribution in [0.2, 0.25) is 0 Å². The van der Waals surface area contributed by atoms with Gasteiger partial charge in [-0.25, -0.2) is 9.67 Å². The lowest BCUT2D eigenvalue weighted by molar-refractivity contribution is -0.122. The van der Waals surface area contributed by atoms with Gasteiger partial charge >= 0.3 is 0 Å². The summed E-state index contributed by atoms with van der Waals surface area (Å²) in [6.45, 7) is 2.22. The first-order valence-corrected chi connectivity index (χ1v) is 7.22. The number of halogens is 2. The van der Waals surface area contributed by atoms with Crippen molar-refractivity contribution in [2.75, 3.05) is 6.54 Å². The maximum Gasteiger partial charge on any atom is 0.237 e. The van der Waals surface area contributed by atoms with Crippen LogP contribution in [0.3, 0.4) is 0 Å². The molecule has 0 saturated carbocycles. The number of carbonyl (C=O) groups excluding carboxylic acids is 1. The number of carbonyl (C=O) groups is 1. The van der Waals surface area contributed by atoms with E-state index in [1.807, 2.05) is 12.1 Å². The van der Waals surface area contributed by atoms with E-state index in [0.717, 1.165) is 30.5 Å². The van der Waals surface area contributed by atoms with Gasteiger partial charge in [0.1, 0.15) is 12.7 Å². The fourth-order valence-electron chi connectivity index (χ4n) is 2.48. The molecule has 1 aromatic heterocycles. The molecular formula is C15H21Cl2N5O. The number of nitrogens with one attached hydrogen (secondary N) is 2. The zero-order chi connectivity index (χ0) is 14.5. The quantitative estimate of drug-likeness (QED) is 0.851. The van der Waals surface area contributed by atoms with E-state index >= 15 is 0 Å². The van der Waals surface area contributed by atoms with Crippen LogP contribution in [0, 0.1) is 0 Å². The number of hydrogen-bond donors (Lipinski definition) is 2. The third kappa shape index (κ3) is 5.49. The number of nitrogens with zero attached hydrogens (tertiary/aromatic N) is 3. The minimum absolute atomic E-state index is 0. The van der Waals surface area contributed by atoms with Gasteiger partial charge in [-0.3, -0.25) is 4.79 Å². The first kappa shape index (κ1) is 19.4. The Labute approximate surface area is 147 Å². The zero-order valence-electron chi connectivity index (χ0n) is 12.6. The van der Waals surface area contributed by atoms with Crippen molar-refractivity contribution in [1.82, 2.24) is 25.4 Å². The topological polar surface area (TPSA) is 71.8 Å². The molecule has 126 valence electrons. The summed E-state index contributed by atoms with van der Waals surface area (Å²) in [6.07, 6.45) is 5.24. The van der Waals surface area contributed by atoms with Gasteiger partial charge in [0.15, 0.2) is 0 Å². The SMILES string of the molecule is Cl.Cl.O=C(NCc1ccc(Cn2cncn2)cc1)C1CCCN1. The molecule has 1 saturated heterocycles. The van der Waals surface area contributed by atoms with E-state index in [-0.39, 0.29) is 36.8 Å². The Hall–Kier alpha value is -1.63. The van der Waals surface area contributed by atoms with Crippen LogP contribution in [0.1, 0.15) is 24.0 Å². The maximum absolute atomic E-state index is 11.9. The Bertz CT molecular complexity index is 582. The molecule has 1 unspecified atom stereocenters. The summed E-state index contributed by atoms with van der Waals surface area (Å²) in [5.41, 5.74) is 2.26. The normalized spacial score (nSPS) is 16.3. The van der Waals surface area contributed by atoms with Crippen molar-refractivity contribution in [3.05, 3.63) is 48.0 Å². The van der Waals surface area contributed by atoms with Crippen molar-refractivity contribution in [3.63, 3.8) is 0 Å². The van der Waals surface area contributed by atoms with Gasteiger partial charge in [-0.2, -0.15) is 5.10 Å². The summed E-state index contributed by atoms with van der Waals surface area (Å²) in [4.78, 5) is 15.8. The van der Waals surface area contributed by atoms with Crippen LogP contribution < -0.4 is 10.6 Å². The summed E-state index contributed by atoms with van der Waals surface area (Å²) in [5.74, 6) is 0.0965. The molecule has 23 heavy (non-hydrogen) atoms. The highest BCUT2D eigenvalue weighted by Crippen LogP contribution is 2.07. The van der Waals surface area contributed by atoms with Gasteiger partial charge in [-0.1, -0.05) is 24.3 Å². The summed E-state index contributed by atoms with van der Waals surface area (Å²) in [5, 5.41) is 10.3. The molecule has 8 heteroatoms. The molecule has 1 fully saturated rings. The van der Waals surface area contributed by atoms with Crippen LogP contribution in [0.5, 0.6) is 0 Å². The molecule has 2 N–H and O–H groups in total. The second kappa shape index (κ2) is 9.50. The Morgan fingerprint density at radius 2 is 2.00 bits per heavy atom. The zero-order valence-corrected chi connectivity index (χ0v) is 14.3. The van der Waals surface area contributed by atoms with Crippen LogP contribution in [-0.2, 0) is 17.9 Å². The standard InChI is InChI=1S/C15H19N5O.2ClH/c21-15(14-2-1-7-17-14)18-8-12-3-5-13(6-4-12)9-20-11-16-10-19-20;;/h3-6,10-11,14,17H,1-2,7-9H2,(H,18,21);2*1H. The third-order valence-electron chi connectivity index (χ3n) is 3.68. The smallest absolute Gasteiger partial charge is 0.237 e. The molecule has 0 bridgehead atoms. The summed E-state index contributed by atoms with van der Waals surface area (Å²) >= 11 is 0. The first-order chi connectivity index (χ1) is 10.3. The van der Waals surface area contributed by atoms with Gasteiger partial charge in [0.25, 0.3) is 0 Å². The van der Waals surface area contributed by atoms with Crippen LogP contribution in [-0.4, -0.2) is 33.3 Å². The van der Waals surface area contributed by atoms with Crippen molar-refractivity contribution in [1.29, 1.82) is 0 Å². The molecule has 3 rings (SSSR count). The fourth-order valence-corrected chi connectivity index (χ4v) is 2.48. The Morgan fingerprint density at radius 1 is 1.26 bits per heavy atom. The molecule has 1 amide bonds. The number of rotatable bonds is 5. The van der Waals surface area contributed by atoms with Gasteiger partial charge in [-0.15, -0.1) is 24.8 Å². The summed E-state index contributed by atoms with van der Waals surface area (Å²) in [6, 6.07) is 8.16. The van der Waals surface area contributed by atoms with Crippen molar-refractivity contribution in [2.45, 2.75) is 32.0 Å². The van der Waals surface area contributed by atoms with Crippen LogP contribution in [0.4, 0.5) is 0 Å². The molecule has 1 aliphatic heterocycles. The minimum atomic E-state index is -0.0170. The summed E-state index contributed by atoms with van der Waals surface area (Å²) < 4.78 is 1.78. The second-order valence-electron chi connectivity index (χ2n) is 5.28. The molecule has 1 aliphatic rings. The van der Waals surface area contributed by atoms with E-state index in [1.54, 1.807) is 11.0 Å². The van der Waals surface area contributed by atoms with E-state index < -0.39 is 0 Å². The molecule has 0 spiro atoms. The molecule has 0 radical (unpaired) electrons. The predicted octanol–water partition coefficient (Wildman–Crippen LogP) is 1.54. The van der Waals surface area contributed by atoms with Gasteiger partial charge in [0, 0.05) is 6.54 Å². The molecule has 6 nitrogen and oxygen atoms in total. The average molecular weight is 358 g/mol. The van der Waals surface area contributed by atoms with Crippen molar-refractivity contribution >= 4 is 30.7 Å². The predicted molar refractivity (Wildman–Crippen MR) is 92.9 cm³/mol. The van der Waals surface area contributed by atoms with E-state index in [4.69, 9.17) is 0 Å². The fraction of sp³-hybridized carbons (Fsp3) is 0.400. The van der Waals surface area contributed by atoms with Crippen LogP contribution in [0.25, 0.3) is 0 Å². The largest absolute Gasteiger partial charge is 0.351 e. The van der Waals surface area contributed by atoms with Crippen molar-refractivity contribution < 1.29 is 4.79 Å². The summed E-state index contributed by atoms with van der Waals surface area (Å²) in [7, 11) is 0. The van der Waals surface area contributed by atoms with E-state index in [9.17, 15) is 4.79 Å². The number of aromatic nitrogens is 3.